The van der Waals surface area contributed by atoms with Gasteiger partial charge in [-0.15, -0.1) is 0 Å². The van der Waals surface area contributed by atoms with Crippen molar-refractivity contribution in [2.24, 2.45) is 27.4 Å². The quantitative estimate of drug-likeness (QED) is 0.263. The first kappa shape index (κ1) is 27.5. The molecule has 0 aliphatic carbocycles. The highest BCUT2D eigenvalue weighted by Gasteiger charge is 2.66. The van der Waals surface area contributed by atoms with Gasteiger partial charge >= 0.3 is 6.09 Å². The second-order valence-electron chi connectivity index (χ2n) is 11.0. The molecule has 0 bridgehead atoms. The van der Waals surface area contributed by atoms with Crippen LogP contribution in [0.15, 0.2) is 70.6 Å². The average Bonchev–Trinajstić information content (AvgIpc) is 3.61. The lowest BCUT2D eigenvalue weighted by Gasteiger charge is -2.47. The van der Waals surface area contributed by atoms with Gasteiger partial charge in [0, 0.05) is 25.3 Å². The number of rotatable bonds is 8. The van der Waals surface area contributed by atoms with Crippen molar-refractivity contribution in [3.05, 3.63) is 71.8 Å². The number of nitrogens with one attached hydrogen (secondary N) is 2. The number of amides is 3. The van der Waals surface area contributed by atoms with Crippen molar-refractivity contribution in [3.63, 3.8) is 0 Å². The van der Waals surface area contributed by atoms with Crippen LogP contribution in [-0.4, -0.2) is 94.8 Å². The van der Waals surface area contributed by atoms with E-state index in [2.05, 4.69) is 20.6 Å². The Morgan fingerprint density at radius 3 is 2.26 bits per heavy atom. The molecule has 4 aliphatic heterocycles. The number of ether oxygens (including phenoxy) is 1. The maximum absolute atomic E-state index is 13.2. The number of guanidine groups is 2. The van der Waals surface area contributed by atoms with Gasteiger partial charge in [0.15, 0.2) is 11.9 Å². The first-order valence-electron chi connectivity index (χ1n) is 14.0. The summed E-state index contributed by atoms with van der Waals surface area (Å²) in [7, 11) is 0. The van der Waals surface area contributed by atoms with Gasteiger partial charge in [0.1, 0.15) is 17.8 Å². The molecule has 42 heavy (non-hydrogen) atoms. The minimum absolute atomic E-state index is 0.0123. The van der Waals surface area contributed by atoms with E-state index in [4.69, 9.17) is 16.2 Å². The molecule has 4 aliphatic rings. The van der Waals surface area contributed by atoms with Crippen molar-refractivity contribution in [2.45, 2.75) is 42.6 Å². The highest BCUT2D eigenvalue weighted by molar-refractivity contribution is 6.02. The Bertz CT molecular complexity index is 1360. The Balaban J connectivity index is 1.20. The van der Waals surface area contributed by atoms with Crippen molar-refractivity contribution < 1.29 is 24.2 Å². The van der Waals surface area contributed by atoms with E-state index in [0.717, 1.165) is 11.1 Å². The van der Waals surface area contributed by atoms with Crippen LogP contribution in [0.25, 0.3) is 0 Å². The monoisotopic (exact) mass is 574 g/mol. The number of carbonyl (C=O) groups is 3. The lowest BCUT2D eigenvalue weighted by molar-refractivity contribution is -0.138. The van der Waals surface area contributed by atoms with Crippen LogP contribution in [0.4, 0.5) is 4.79 Å². The molecule has 3 amide bonds. The Hall–Kier alpha value is -4.65. The smallest absolute Gasteiger partial charge is 0.407 e. The number of nitrogens with two attached hydrogens (primary N) is 2. The normalized spacial score (nSPS) is 28.2. The van der Waals surface area contributed by atoms with Gasteiger partial charge in [-0.1, -0.05) is 60.7 Å². The van der Waals surface area contributed by atoms with Crippen LogP contribution >= 0.6 is 0 Å². The van der Waals surface area contributed by atoms with Gasteiger partial charge in [-0.2, -0.15) is 0 Å². The number of alkyl carbamates (subject to hydrolysis) is 1. The number of imide groups is 1. The topological polar surface area (TPSA) is 188 Å². The van der Waals surface area contributed by atoms with Gasteiger partial charge in [0.25, 0.3) is 0 Å². The van der Waals surface area contributed by atoms with Gasteiger partial charge in [-0.3, -0.25) is 14.5 Å². The summed E-state index contributed by atoms with van der Waals surface area (Å²) in [6.45, 7) is 0.0364. The van der Waals surface area contributed by atoms with Crippen molar-refractivity contribution in [2.75, 3.05) is 26.2 Å². The predicted molar refractivity (Wildman–Crippen MR) is 153 cm³/mol. The van der Waals surface area contributed by atoms with Gasteiger partial charge in [0.05, 0.1) is 31.7 Å². The maximum Gasteiger partial charge on any atom is 0.407 e. The number of aliphatic imine (C=N–C) groups is 2. The number of likely N-dealkylation sites (tertiary alicyclic amines) is 1. The zero-order valence-electron chi connectivity index (χ0n) is 22.9. The minimum atomic E-state index is -1.15. The van der Waals surface area contributed by atoms with Crippen LogP contribution in [0, 0.1) is 5.92 Å². The fourth-order valence-corrected chi connectivity index (χ4v) is 6.71. The summed E-state index contributed by atoms with van der Waals surface area (Å²) in [6.07, 6.45) is -1.14. The zero-order chi connectivity index (χ0) is 29.4. The second-order valence-corrected chi connectivity index (χ2v) is 11.0. The first-order valence-corrected chi connectivity index (χ1v) is 14.0. The minimum Gasteiger partial charge on any atom is -0.444 e. The van der Waals surface area contributed by atoms with Crippen LogP contribution in [0.1, 0.15) is 29.9 Å². The Labute approximate surface area is 242 Å². The Kier molecular flexibility index (Phi) is 7.19. The van der Waals surface area contributed by atoms with E-state index >= 15 is 0 Å². The molecule has 0 aromatic heterocycles. The van der Waals surface area contributed by atoms with E-state index in [0.29, 0.717) is 6.54 Å². The highest BCUT2D eigenvalue weighted by atomic mass is 16.6. The summed E-state index contributed by atoms with van der Waals surface area (Å²) in [5.41, 5.74) is 13.5. The molecule has 220 valence electrons. The van der Waals surface area contributed by atoms with Gasteiger partial charge in [-0.05, 0) is 11.1 Å². The van der Waals surface area contributed by atoms with Crippen LogP contribution in [0.2, 0.25) is 0 Å². The molecule has 13 nitrogen and oxygen atoms in total. The fraction of sp³-hybridized carbons (Fsp3) is 0.414. The Morgan fingerprint density at radius 2 is 1.67 bits per heavy atom. The molecule has 0 radical (unpaired) electrons. The van der Waals surface area contributed by atoms with Crippen molar-refractivity contribution in [3.8, 4) is 0 Å². The van der Waals surface area contributed by atoms with Crippen molar-refractivity contribution >= 4 is 29.8 Å². The Morgan fingerprint density at radius 1 is 1.05 bits per heavy atom. The SMILES string of the molecule is NC1=NC2[C@H](CN3C(=O)CCC3=O)N=C(N)N3C[C@H](OC(=O)NCC(c4ccccc4)c4ccccc4)C(CO)C23N1. The lowest BCUT2D eigenvalue weighted by Crippen LogP contribution is -2.72. The standard InChI is InChI=1S/C29H34N8O5/c30-26-34-25-21(14-36-23(39)11-12-24(36)40)33-27(31)37-15-22(20(16-38)29(25,37)35-26)42-28(41)32-13-19(17-7-3-1-4-8-17)18-9-5-2-6-10-18/h1-10,19-22,25,38H,11-16H2,(H2,31,33)(H,32,41)(H3,30,34,35)/t20?,21-,22-,25?,29?/m0/s1. The largest absolute Gasteiger partial charge is 0.444 e. The molecule has 2 aromatic rings. The van der Waals surface area contributed by atoms with Crippen LogP contribution < -0.4 is 22.1 Å². The summed E-state index contributed by atoms with van der Waals surface area (Å²) in [6, 6.07) is 18.4. The maximum atomic E-state index is 13.2. The van der Waals surface area contributed by atoms with Crippen molar-refractivity contribution in [1.29, 1.82) is 0 Å². The number of nitrogens with zero attached hydrogens (tertiary/aromatic N) is 4. The predicted octanol–water partition coefficient (Wildman–Crippen LogP) is -0.334. The molecule has 4 heterocycles. The molecule has 2 saturated heterocycles. The molecular formula is C29H34N8O5. The van der Waals surface area contributed by atoms with Gasteiger partial charge < -0.3 is 36.8 Å². The highest BCUT2D eigenvalue weighted by Crippen LogP contribution is 2.44. The van der Waals surface area contributed by atoms with Crippen LogP contribution in [0.5, 0.6) is 0 Å². The van der Waals surface area contributed by atoms with Crippen LogP contribution in [-0.2, 0) is 14.3 Å². The molecule has 1 spiro atoms. The fourth-order valence-electron chi connectivity index (χ4n) is 6.71. The second kappa shape index (κ2) is 11.0. The number of hydrogen-bond acceptors (Lipinski definition) is 11. The molecule has 2 aromatic carbocycles. The van der Waals surface area contributed by atoms with Crippen molar-refractivity contribution in [1.82, 2.24) is 20.4 Å². The number of benzene rings is 2. The number of carbonyl (C=O) groups excluding carboxylic acids is 3. The lowest BCUT2D eigenvalue weighted by atomic mass is 9.82. The van der Waals surface area contributed by atoms with Gasteiger partial charge in [0.2, 0.25) is 11.8 Å². The zero-order valence-corrected chi connectivity index (χ0v) is 22.9. The molecule has 13 heteroatoms. The van der Waals surface area contributed by atoms with E-state index in [-0.39, 0.29) is 62.2 Å². The molecule has 2 fully saturated rings. The molecule has 7 N–H and O–H groups in total. The van der Waals surface area contributed by atoms with E-state index in [1.165, 1.54) is 4.90 Å². The average molecular weight is 575 g/mol. The number of aliphatic hydroxyl groups excluding tert-OH is 1. The van der Waals surface area contributed by atoms with Gasteiger partial charge in [-0.25, -0.2) is 14.8 Å². The third kappa shape index (κ3) is 4.69. The van der Waals surface area contributed by atoms with E-state index in [1.54, 1.807) is 4.90 Å². The summed E-state index contributed by atoms with van der Waals surface area (Å²) in [5.74, 6) is -1.13. The first-order chi connectivity index (χ1) is 20.3. The van der Waals surface area contributed by atoms with E-state index < -0.39 is 35.9 Å². The summed E-state index contributed by atoms with van der Waals surface area (Å²) in [5, 5.41) is 16.7. The molecule has 5 atom stereocenters. The molecule has 0 saturated carbocycles. The molecule has 6 rings (SSSR count). The number of hydrogen-bond donors (Lipinski definition) is 5. The number of aliphatic hydroxyl groups is 1. The van der Waals surface area contributed by atoms with E-state index in [1.807, 2.05) is 60.7 Å². The summed E-state index contributed by atoms with van der Waals surface area (Å²) < 4.78 is 5.91. The third-order valence-corrected chi connectivity index (χ3v) is 8.65. The molecule has 3 unspecified atom stereocenters. The van der Waals surface area contributed by atoms with Crippen LogP contribution in [0.3, 0.4) is 0 Å². The summed E-state index contributed by atoms with van der Waals surface area (Å²) >= 11 is 0. The summed E-state index contributed by atoms with van der Waals surface area (Å²) in [4.78, 5) is 49.9. The van der Waals surface area contributed by atoms with E-state index in [9.17, 15) is 19.5 Å². The third-order valence-electron chi connectivity index (χ3n) is 8.65. The molecular weight excluding hydrogens is 540 g/mol.